The molecule has 0 aliphatic heterocycles. The van der Waals surface area contributed by atoms with E-state index in [1.54, 1.807) is 18.3 Å². The molecule has 0 unspecified atom stereocenters. The van der Waals surface area contributed by atoms with Crippen molar-refractivity contribution < 1.29 is 9.53 Å². The van der Waals surface area contributed by atoms with E-state index in [1.807, 2.05) is 60.0 Å². The number of pyridine rings is 1. The van der Waals surface area contributed by atoms with Crippen molar-refractivity contribution in [1.82, 2.24) is 9.99 Å². The molecule has 32 heavy (non-hydrogen) atoms. The standard InChI is InChI=1S/C24H19I2N3O3/c1-2-32-24-15(11-16(25)12-19(24)26)13-27-28-22(30)14-29-20-9-5-3-7-17(20)23(31)18-8-4-6-10-21(18)29/h3-13H,2,14H2,1H3,(H,28,30)/b27-13-. The van der Waals surface area contributed by atoms with Gasteiger partial charge in [0.2, 0.25) is 0 Å². The number of para-hydroxylation sites is 2. The van der Waals surface area contributed by atoms with Crippen molar-refractivity contribution in [2.75, 3.05) is 6.61 Å². The molecule has 1 aromatic heterocycles. The van der Waals surface area contributed by atoms with Gasteiger partial charge in [-0.2, -0.15) is 5.10 Å². The zero-order chi connectivity index (χ0) is 22.7. The Kier molecular flexibility index (Phi) is 7.09. The van der Waals surface area contributed by atoms with Gasteiger partial charge >= 0.3 is 0 Å². The summed E-state index contributed by atoms with van der Waals surface area (Å²) in [5.41, 5.74) is 4.78. The topological polar surface area (TPSA) is 72.7 Å². The fraction of sp³-hybridized carbons (Fsp3) is 0.125. The van der Waals surface area contributed by atoms with Crippen molar-refractivity contribution in [2.45, 2.75) is 13.5 Å². The van der Waals surface area contributed by atoms with Crippen molar-refractivity contribution in [1.29, 1.82) is 0 Å². The van der Waals surface area contributed by atoms with Gasteiger partial charge in [-0.15, -0.1) is 0 Å². The predicted molar refractivity (Wildman–Crippen MR) is 144 cm³/mol. The minimum absolute atomic E-state index is 0.0286. The van der Waals surface area contributed by atoms with Gasteiger partial charge in [0, 0.05) is 19.9 Å². The Morgan fingerprint density at radius 3 is 2.31 bits per heavy atom. The van der Waals surface area contributed by atoms with E-state index in [0.717, 1.165) is 18.5 Å². The van der Waals surface area contributed by atoms with Crippen LogP contribution in [0.15, 0.2) is 70.6 Å². The Balaban J connectivity index is 1.63. The zero-order valence-corrected chi connectivity index (χ0v) is 21.5. The quantitative estimate of drug-likeness (QED) is 0.140. The Hall–Kier alpha value is -2.47. The largest absolute Gasteiger partial charge is 0.492 e. The van der Waals surface area contributed by atoms with E-state index in [0.29, 0.717) is 28.4 Å². The Labute approximate surface area is 211 Å². The number of halogens is 2. The lowest BCUT2D eigenvalue weighted by Gasteiger charge is -2.14. The van der Waals surface area contributed by atoms with Crippen LogP contribution in [0.25, 0.3) is 21.8 Å². The number of fused-ring (bicyclic) bond motifs is 2. The second kappa shape index (κ2) is 9.99. The van der Waals surface area contributed by atoms with Gasteiger partial charge in [0.1, 0.15) is 12.3 Å². The highest BCUT2D eigenvalue weighted by atomic mass is 127. The summed E-state index contributed by atoms with van der Waals surface area (Å²) in [6.45, 7) is 2.49. The lowest BCUT2D eigenvalue weighted by atomic mass is 10.1. The van der Waals surface area contributed by atoms with Gasteiger partial charge in [0.15, 0.2) is 5.43 Å². The number of amides is 1. The van der Waals surface area contributed by atoms with E-state index >= 15 is 0 Å². The van der Waals surface area contributed by atoms with Crippen LogP contribution < -0.4 is 15.6 Å². The van der Waals surface area contributed by atoms with Crippen LogP contribution in [0.3, 0.4) is 0 Å². The highest BCUT2D eigenvalue weighted by molar-refractivity contribution is 14.1. The first-order valence-electron chi connectivity index (χ1n) is 9.93. The Morgan fingerprint density at radius 2 is 1.69 bits per heavy atom. The van der Waals surface area contributed by atoms with Gasteiger partial charge in [0.25, 0.3) is 5.91 Å². The number of nitrogens with zero attached hydrogens (tertiary/aromatic N) is 2. The molecular weight excluding hydrogens is 632 g/mol. The molecule has 1 heterocycles. The van der Waals surface area contributed by atoms with E-state index in [-0.39, 0.29) is 17.9 Å². The summed E-state index contributed by atoms with van der Waals surface area (Å²) in [7, 11) is 0. The first-order chi connectivity index (χ1) is 15.5. The molecule has 0 spiro atoms. The maximum atomic E-state index is 12.8. The van der Waals surface area contributed by atoms with E-state index in [4.69, 9.17) is 4.74 Å². The third kappa shape index (κ3) is 4.65. The fourth-order valence-electron chi connectivity index (χ4n) is 3.57. The van der Waals surface area contributed by atoms with E-state index in [9.17, 15) is 9.59 Å². The zero-order valence-electron chi connectivity index (χ0n) is 17.1. The molecule has 6 nitrogen and oxygen atoms in total. The van der Waals surface area contributed by atoms with E-state index < -0.39 is 0 Å². The van der Waals surface area contributed by atoms with Crippen LogP contribution in [0.1, 0.15) is 12.5 Å². The third-order valence-corrected chi connectivity index (χ3v) is 6.32. The molecule has 0 saturated carbocycles. The smallest absolute Gasteiger partial charge is 0.260 e. The summed E-state index contributed by atoms with van der Waals surface area (Å²) in [5, 5.41) is 5.32. The number of hydrogen-bond donors (Lipinski definition) is 1. The number of benzene rings is 3. The average Bonchev–Trinajstić information content (AvgIpc) is 2.79. The summed E-state index contributed by atoms with van der Waals surface area (Å²) >= 11 is 4.46. The fourth-order valence-corrected chi connectivity index (χ4v) is 5.62. The highest BCUT2D eigenvalue weighted by Gasteiger charge is 2.13. The number of carbonyl (C=O) groups excluding carboxylic acids is 1. The van der Waals surface area contributed by atoms with Gasteiger partial charge in [0.05, 0.1) is 27.4 Å². The molecule has 1 amide bonds. The molecule has 0 fully saturated rings. The van der Waals surface area contributed by atoms with Crippen molar-refractivity contribution in [3.63, 3.8) is 0 Å². The lowest BCUT2D eigenvalue weighted by molar-refractivity contribution is -0.121. The van der Waals surface area contributed by atoms with Crippen molar-refractivity contribution in [3.05, 3.63) is 83.6 Å². The van der Waals surface area contributed by atoms with Gasteiger partial charge in [-0.3, -0.25) is 9.59 Å². The van der Waals surface area contributed by atoms with Crippen LogP contribution >= 0.6 is 45.2 Å². The number of rotatable bonds is 6. The van der Waals surface area contributed by atoms with Crippen molar-refractivity contribution in [2.24, 2.45) is 5.10 Å². The number of nitrogens with one attached hydrogen (secondary N) is 1. The van der Waals surface area contributed by atoms with Crippen molar-refractivity contribution >= 4 is 79.1 Å². The average molecular weight is 651 g/mol. The molecule has 0 atom stereocenters. The third-order valence-electron chi connectivity index (χ3n) is 4.90. The molecule has 0 aliphatic carbocycles. The van der Waals surface area contributed by atoms with Crippen LogP contribution in [0.4, 0.5) is 0 Å². The van der Waals surface area contributed by atoms with Crippen LogP contribution in [0.2, 0.25) is 0 Å². The van der Waals surface area contributed by atoms with Crippen LogP contribution in [-0.2, 0) is 11.3 Å². The molecular formula is C24H19I2N3O3. The molecule has 4 rings (SSSR count). The van der Waals surface area contributed by atoms with E-state index in [2.05, 4.69) is 55.7 Å². The SMILES string of the molecule is CCOc1c(I)cc(I)cc1/C=N\NC(=O)Cn1c2ccccc2c(=O)c2ccccc21. The summed E-state index contributed by atoms with van der Waals surface area (Å²) in [6, 6.07) is 18.6. The number of ether oxygens (including phenoxy) is 1. The second-order valence-electron chi connectivity index (χ2n) is 6.98. The summed E-state index contributed by atoms with van der Waals surface area (Å²) in [4.78, 5) is 25.6. The molecule has 162 valence electrons. The van der Waals surface area contributed by atoms with Gasteiger partial charge < -0.3 is 9.30 Å². The summed E-state index contributed by atoms with van der Waals surface area (Å²) in [5.74, 6) is 0.447. The molecule has 0 saturated heterocycles. The molecule has 8 heteroatoms. The van der Waals surface area contributed by atoms with Crippen LogP contribution in [-0.4, -0.2) is 23.3 Å². The molecule has 0 aliphatic rings. The maximum Gasteiger partial charge on any atom is 0.260 e. The highest BCUT2D eigenvalue weighted by Crippen LogP contribution is 2.27. The van der Waals surface area contributed by atoms with Gasteiger partial charge in [-0.05, 0) is 88.5 Å². The number of hydrazone groups is 1. The predicted octanol–water partition coefficient (Wildman–Crippen LogP) is 4.91. The van der Waals surface area contributed by atoms with Crippen LogP contribution in [0, 0.1) is 7.14 Å². The normalized spacial score (nSPS) is 11.3. The molecule has 0 bridgehead atoms. The summed E-state index contributed by atoms with van der Waals surface area (Å²) < 4.78 is 9.61. The minimum Gasteiger partial charge on any atom is -0.492 e. The first kappa shape index (κ1) is 22.7. The van der Waals surface area contributed by atoms with Crippen LogP contribution in [0.5, 0.6) is 5.75 Å². The number of carbonyl (C=O) groups is 1. The molecule has 3 aromatic carbocycles. The minimum atomic E-state index is -0.293. The maximum absolute atomic E-state index is 12.8. The molecule has 4 aromatic rings. The second-order valence-corrected chi connectivity index (χ2v) is 9.39. The monoisotopic (exact) mass is 651 g/mol. The Morgan fingerprint density at radius 1 is 1.06 bits per heavy atom. The molecule has 0 radical (unpaired) electrons. The number of aromatic nitrogens is 1. The Bertz CT molecular complexity index is 1350. The van der Waals surface area contributed by atoms with E-state index in [1.165, 1.54) is 0 Å². The van der Waals surface area contributed by atoms with Gasteiger partial charge in [-0.1, -0.05) is 24.3 Å². The lowest BCUT2D eigenvalue weighted by Crippen LogP contribution is -2.25. The summed E-state index contributed by atoms with van der Waals surface area (Å²) in [6.07, 6.45) is 1.59. The number of hydrogen-bond acceptors (Lipinski definition) is 4. The van der Waals surface area contributed by atoms with Gasteiger partial charge in [-0.25, -0.2) is 5.43 Å². The first-order valence-corrected chi connectivity index (χ1v) is 12.1. The molecule has 1 N–H and O–H groups in total. The van der Waals surface area contributed by atoms with Crippen molar-refractivity contribution in [3.8, 4) is 5.75 Å².